The van der Waals surface area contributed by atoms with E-state index in [-0.39, 0.29) is 31.5 Å². The molecule has 4 rings (SSSR count). The number of amides is 2. The van der Waals surface area contributed by atoms with Crippen LogP contribution in [0.2, 0.25) is 0 Å². The summed E-state index contributed by atoms with van der Waals surface area (Å²) in [6.07, 6.45) is 4.16. The number of hydrogen-bond acceptors (Lipinski definition) is 7. The molecule has 1 saturated heterocycles. The zero-order chi connectivity index (χ0) is 24.8. The summed E-state index contributed by atoms with van der Waals surface area (Å²) >= 11 is 0. The third-order valence-electron chi connectivity index (χ3n) is 5.94. The third kappa shape index (κ3) is 5.60. The zero-order valence-electron chi connectivity index (χ0n) is 19.4. The molecule has 0 bridgehead atoms. The molecule has 0 spiro atoms. The summed E-state index contributed by atoms with van der Waals surface area (Å²) in [4.78, 5) is 38.4. The molecule has 0 unspecified atom stereocenters. The van der Waals surface area contributed by atoms with E-state index in [4.69, 9.17) is 15.1 Å². The van der Waals surface area contributed by atoms with Crippen LogP contribution < -0.4 is 10.1 Å². The average Bonchev–Trinajstić information content (AvgIpc) is 3.34. The predicted molar refractivity (Wildman–Crippen MR) is 129 cm³/mol. The fourth-order valence-electron chi connectivity index (χ4n) is 4.09. The molecule has 1 atom stereocenters. The van der Waals surface area contributed by atoms with Crippen molar-refractivity contribution in [3.05, 3.63) is 36.7 Å². The number of aromatic nitrogens is 3. The van der Waals surface area contributed by atoms with Crippen LogP contribution in [0.5, 0.6) is 5.88 Å². The molecule has 0 aromatic carbocycles. The van der Waals surface area contributed by atoms with Crippen LogP contribution in [0, 0.1) is 11.3 Å². The molecule has 1 aliphatic heterocycles. The van der Waals surface area contributed by atoms with E-state index in [2.05, 4.69) is 20.3 Å². The first-order chi connectivity index (χ1) is 17.0. The van der Waals surface area contributed by atoms with Crippen molar-refractivity contribution in [2.24, 2.45) is 0 Å². The number of pyridine rings is 2. The highest BCUT2D eigenvalue weighted by molar-refractivity contribution is 5.97. The van der Waals surface area contributed by atoms with E-state index < -0.39 is 6.09 Å². The second-order valence-electron chi connectivity index (χ2n) is 8.36. The van der Waals surface area contributed by atoms with Crippen LogP contribution in [0.1, 0.15) is 19.3 Å². The first-order valence-corrected chi connectivity index (χ1v) is 11.4. The maximum Gasteiger partial charge on any atom is 0.407 e. The van der Waals surface area contributed by atoms with Crippen LogP contribution in [0.25, 0.3) is 22.3 Å². The van der Waals surface area contributed by atoms with Gasteiger partial charge in [0.15, 0.2) is 0 Å². The van der Waals surface area contributed by atoms with Crippen molar-refractivity contribution in [3.8, 4) is 23.2 Å². The number of nitrogens with one attached hydrogen (secondary N) is 2. The number of aromatic amines is 1. The summed E-state index contributed by atoms with van der Waals surface area (Å²) in [6, 6.07) is 9.30. The van der Waals surface area contributed by atoms with E-state index in [9.17, 15) is 9.59 Å². The molecule has 182 valence electrons. The summed E-state index contributed by atoms with van der Waals surface area (Å²) in [5, 5.41) is 22.4. The Bertz CT molecular complexity index is 1250. The van der Waals surface area contributed by atoms with E-state index in [0.29, 0.717) is 24.7 Å². The van der Waals surface area contributed by atoms with E-state index in [1.54, 1.807) is 17.2 Å². The fourth-order valence-corrected chi connectivity index (χ4v) is 4.09. The molecule has 11 nitrogen and oxygen atoms in total. The van der Waals surface area contributed by atoms with Crippen LogP contribution in [0.4, 0.5) is 10.5 Å². The number of rotatable bonds is 8. The molecule has 3 aromatic rings. The number of likely N-dealkylation sites (N-methyl/N-ethyl adjacent to an activating group) is 1. The standard InChI is InChI=1S/C24H27N7O4/c1-30(24(33)34)12-13-35-20-6-2-5-19(29-20)18-14-27-23-17(8-10-26-23)22(18)28-16-4-3-11-31(15-16)21(32)7-9-25/h2,5-6,8,10,14,16H,3-4,7,11-13,15H2,1H3,(H,33,34)(H2,26,27,28)/t16-/m1/s1. The van der Waals surface area contributed by atoms with Crippen molar-refractivity contribution in [3.63, 3.8) is 0 Å². The average molecular weight is 478 g/mol. The van der Waals surface area contributed by atoms with Crippen molar-refractivity contribution < 1.29 is 19.4 Å². The highest BCUT2D eigenvalue weighted by Crippen LogP contribution is 2.34. The van der Waals surface area contributed by atoms with Gasteiger partial charge in [-0.3, -0.25) is 4.79 Å². The second kappa shape index (κ2) is 10.7. The highest BCUT2D eigenvalue weighted by atomic mass is 16.5. The van der Waals surface area contributed by atoms with Gasteiger partial charge in [-0.05, 0) is 25.0 Å². The van der Waals surface area contributed by atoms with Crippen LogP contribution in [0.3, 0.4) is 0 Å². The number of anilines is 1. The minimum atomic E-state index is -1.02. The molecule has 3 aromatic heterocycles. The van der Waals surface area contributed by atoms with Gasteiger partial charge in [-0.25, -0.2) is 14.8 Å². The maximum absolute atomic E-state index is 12.3. The molecule has 0 saturated carbocycles. The number of ether oxygens (including phenoxy) is 1. The summed E-state index contributed by atoms with van der Waals surface area (Å²) in [7, 11) is 1.48. The number of hydrogen-bond donors (Lipinski definition) is 3. The summed E-state index contributed by atoms with van der Waals surface area (Å²) in [5.41, 5.74) is 3.02. The predicted octanol–water partition coefficient (Wildman–Crippen LogP) is 2.93. The smallest absolute Gasteiger partial charge is 0.407 e. The lowest BCUT2D eigenvalue weighted by molar-refractivity contribution is -0.131. The lowest BCUT2D eigenvalue weighted by atomic mass is 10.0. The molecule has 1 aliphatic rings. The minimum absolute atomic E-state index is 0.0108. The first kappa shape index (κ1) is 23.8. The van der Waals surface area contributed by atoms with E-state index in [1.807, 2.05) is 30.5 Å². The topological polar surface area (TPSA) is 147 Å². The van der Waals surface area contributed by atoms with E-state index >= 15 is 0 Å². The van der Waals surface area contributed by atoms with Gasteiger partial charge in [0.25, 0.3) is 0 Å². The Labute approximate surface area is 202 Å². The van der Waals surface area contributed by atoms with Crippen molar-refractivity contribution in [2.75, 3.05) is 38.6 Å². The number of piperidine rings is 1. The number of carbonyl (C=O) groups is 2. The second-order valence-corrected chi connectivity index (χ2v) is 8.36. The third-order valence-corrected chi connectivity index (χ3v) is 5.94. The van der Waals surface area contributed by atoms with Gasteiger partial charge in [-0.1, -0.05) is 6.07 Å². The van der Waals surface area contributed by atoms with Gasteiger partial charge in [0.1, 0.15) is 18.7 Å². The largest absolute Gasteiger partial charge is 0.476 e. The first-order valence-electron chi connectivity index (χ1n) is 11.4. The molecule has 4 heterocycles. The normalized spacial score (nSPS) is 15.4. The molecule has 3 N–H and O–H groups in total. The quantitative estimate of drug-likeness (QED) is 0.449. The van der Waals surface area contributed by atoms with Gasteiger partial charge in [0.05, 0.1) is 24.0 Å². The Kier molecular flexibility index (Phi) is 7.30. The number of nitriles is 1. The lowest BCUT2D eigenvalue weighted by Gasteiger charge is -2.34. The van der Waals surface area contributed by atoms with Crippen LogP contribution in [-0.4, -0.2) is 81.2 Å². The van der Waals surface area contributed by atoms with Gasteiger partial charge < -0.3 is 29.9 Å². The molecule has 11 heteroatoms. The summed E-state index contributed by atoms with van der Waals surface area (Å²) in [5.74, 6) is 0.230. The molecule has 1 fully saturated rings. The Morgan fingerprint density at radius 2 is 2.26 bits per heavy atom. The van der Waals surface area contributed by atoms with Crippen molar-refractivity contribution in [2.45, 2.75) is 25.3 Å². The van der Waals surface area contributed by atoms with Crippen molar-refractivity contribution in [1.29, 1.82) is 5.26 Å². The Morgan fingerprint density at radius 1 is 1.40 bits per heavy atom. The van der Waals surface area contributed by atoms with Gasteiger partial charge in [-0.2, -0.15) is 5.26 Å². The maximum atomic E-state index is 12.3. The van der Waals surface area contributed by atoms with Gasteiger partial charge in [-0.15, -0.1) is 0 Å². The molecule has 0 radical (unpaired) electrons. The van der Waals surface area contributed by atoms with E-state index in [0.717, 1.165) is 40.0 Å². The zero-order valence-corrected chi connectivity index (χ0v) is 19.4. The summed E-state index contributed by atoms with van der Waals surface area (Å²) in [6.45, 7) is 1.56. The molecular formula is C24H27N7O4. The Morgan fingerprint density at radius 3 is 3.06 bits per heavy atom. The number of fused-ring (bicyclic) bond motifs is 1. The monoisotopic (exact) mass is 477 g/mol. The lowest BCUT2D eigenvalue weighted by Crippen LogP contribution is -2.45. The van der Waals surface area contributed by atoms with Crippen molar-refractivity contribution in [1.82, 2.24) is 24.8 Å². The molecule has 0 aliphatic carbocycles. The minimum Gasteiger partial charge on any atom is -0.476 e. The number of H-pyrrole nitrogens is 1. The summed E-state index contributed by atoms with van der Waals surface area (Å²) < 4.78 is 5.68. The highest BCUT2D eigenvalue weighted by Gasteiger charge is 2.25. The molecular weight excluding hydrogens is 450 g/mol. The van der Waals surface area contributed by atoms with Gasteiger partial charge >= 0.3 is 6.09 Å². The number of carbonyl (C=O) groups excluding carboxylic acids is 1. The number of likely N-dealkylation sites (tertiary alicyclic amines) is 1. The van der Waals surface area contributed by atoms with Gasteiger partial charge in [0, 0.05) is 55.6 Å². The number of carboxylic acid groups (broad SMARTS) is 1. The number of nitrogens with zero attached hydrogens (tertiary/aromatic N) is 5. The van der Waals surface area contributed by atoms with Crippen LogP contribution in [0.15, 0.2) is 36.7 Å². The van der Waals surface area contributed by atoms with E-state index in [1.165, 1.54) is 7.05 Å². The fraction of sp³-hybridized carbons (Fsp3) is 0.375. The van der Waals surface area contributed by atoms with Crippen LogP contribution in [-0.2, 0) is 4.79 Å². The SMILES string of the molecule is CN(CCOc1cccc(-c2cnc3[nH]ccc3c2N[C@@H]2CCCN(C(=O)CC#N)C2)n1)C(=O)O. The van der Waals surface area contributed by atoms with Crippen molar-refractivity contribution >= 4 is 28.7 Å². The van der Waals surface area contributed by atoms with Gasteiger partial charge in [0.2, 0.25) is 11.8 Å². The van der Waals surface area contributed by atoms with Crippen LogP contribution >= 0.6 is 0 Å². The molecule has 2 amide bonds. The Balaban J connectivity index is 1.57. The molecule has 35 heavy (non-hydrogen) atoms. The Hall–Kier alpha value is -4.33.